The summed E-state index contributed by atoms with van der Waals surface area (Å²) in [5.41, 5.74) is 0.875. The highest BCUT2D eigenvalue weighted by atomic mass is 16.4. The Hall–Kier alpha value is -2.10. The molecule has 0 saturated heterocycles. The van der Waals surface area contributed by atoms with Crippen molar-refractivity contribution in [1.82, 2.24) is 4.98 Å². The summed E-state index contributed by atoms with van der Waals surface area (Å²) in [4.78, 5) is 25.7. The molecule has 1 aromatic heterocycles. The first kappa shape index (κ1) is 11.4. The molecule has 2 aromatic rings. The van der Waals surface area contributed by atoms with Crippen LogP contribution in [0.4, 0.5) is 0 Å². The molecule has 0 spiro atoms. The van der Waals surface area contributed by atoms with Crippen molar-refractivity contribution in [2.45, 2.75) is 19.3 Å². The molecule has 0 saturated carbocycles. The average molecular weight is 230 g/mol. The van der Waals surface area contributed by atoms with Gasteiger partial charge in [-0.25, -0.2) is 0 Å². The number of fused-ring (bicyclic) bond motifs is 1. The Morgan fingerprint density at radius 1 is 1.41 bits per heavy atom. The average Bonchev–Trinajstić information content (AvgIpc) is 2.29. The minimum absolute atomic E-state index is 0.172. The summed E-state index contributed by atoms with van der Waals surface area (Å²) in [5.74, 6) is -1.94. The number of carboxylic acid groups (broad SMARTS) is 1. The summed E-state index contributed by atoms with van der Waals surface area (Å²) >= 11 is 0. The minimum atomic E-state index is -1.17. The third-order valence-electron chi connectivity index (χ3n) is 2.83. The topological polar surface area (TPSA) is 73.0 Å². The van der Waals surface area contributed by atoms with Crippen molar-refractivity contribution < 1.29 is 9.90 Å². The second-order valence-corrected chi connectivity index (χ2v) is 3.91. The van der Waals surface area contributed by atoms with Gasteiger partial charge in [-0.1, -0.05) is 19.1 Å². The number of nitrogens with one attached hydrogen (secondary N) is 1. The fraction of sp³-hybridized carbons (Fsp3) is 0.231. The van der Waals surface area contributed by atoms with Crippen LogP contribution in [0.1, 0.15) is 25.0 Å². The van der Waals surface area contributed by atoms with E-state index in [9.17, 15) is 14.7 Å². The van der Waals surface area contributed by atoms with Gasteiger partial charge in [0.2, 0.25) is 0 Å². The van der Waals surface area contributed by atoms with Crippen LogP contribution in [-0.2, 0) is 4.79 Å². The van der Waals surface area contributed by atoms with Crippen molar-refractivity contribution in [3.8, 4) is 0 Å². The molecule has 1 aromatic carbocycles. The van der Waals surface area contributed by atoms with Gasteiger partial charge in [0.15, 0.2) is 5.43 Å². The summed E-state index contributed by atoms with van der Waals surface area (Å²) in [6.07, 6.45) is 0.386. The number of benzene rings is 1. The Bertz CT molecular complexity index is 615. The maximum absolute atomic E-state index is 11.8. The fourth-order valence-electron chi connectivity index (χ4n) is 1.92. The zero-order valence-electron chi connectivity index (χ0n) is 9.40. The number of hydrogen-bond acceptors (Lipinski definition) is 3. The number of carboxylic acids is 1. The third kappa shape index (κ3) is 2.06. The van der Waals surface area contributed by atoms with Crippen LogP contribution in [0.2, 0.25) is 0 Å². The van der Waals surface area contributed by atoms with Gasteiger partial charge in [-0.2, -0.15) is 0 Å². The molecule has 0 bridgehead atoms. The Kier molecular flexibility index (Phi) is 2.95. The molecule has 4 nitrogen and oxygen atoms in total. The lowest BCUT2D eigenvalue weighted by Gasteiger charge is -2.16. The van der Waals surface area contributed by atoms with E-state index in [2.05, 4.69) is 4.98 Å². The molecule has 0 aliphatic carbocycles. The molecule has 2 rings (SSSR count). The van der Waals surface area contributed by atoms with Crippen LogP contribution in [0.3, 0.4) is 0 Å². The number of carbonyl (C=O) groups is 1. The van der Waals surface area contributed by atoms with E-state index < -0.39 is 11.9 Å². The van der Waals surface area contributed by atoms with E-state index >= 15 is 0 Å². The maximum atomic E-state index is 11.8. The lowest BCUT2D eigenvalue weighted by molar-refractivity contribution is -0.308. The third-order valence-corrected chi connectivity index (χ3v) is 2.83. The van der Waals surface area contributed by atoms with Crippen molar-refractivity contribution in [3.05, 3.63) is 46.2 Å². The highest BCUT2D eigenvalue weighted by Gasteiger charge is 2.12. The number of carbonyl (C=O) groups excluding carboxylic acids is 1. The highest BCUT2D eigenvalue weighted by Crippen LogP contribution is 2.17. The zero-order chi connectivity index (χ0) is 12.4. The van der Waals surface area contributed by atoms with E-state index in [0.717, 1.165) is 0 Å². The molecular formula is C13H12NO3-. The number of aliphatic carboxylic acids is 1. The smallest absolute Gasteiger partial charge is 0.189 e. The highest BCUT2D eigenvalue weighted by molar-refractivity contribution is 5.80. The normalized spacial score (nSPS) is 12.5. The maximum Gasteiger partial charge on any atom is 0.189 e. The summed E-state index contributed by atoms with van der Waals surface area (Å²) in [5, 5.41) is 11.5. The predicted molar refractivity (Wildman–Crippen MR) is 62.6 cm³/mol. The van der Waals surface area contributed by atoms with E-state index in [1.54, 1.807) is 31.2 Å². The van der Waals surface area contributed by atoms with E-state index in [0.29, 0.717) is 23.0 Å². The molecule has 0 aliphatic rings. The van der Waals surface area contributed by atoms with Crippen LogP contribution in [0.5, 0.6) is 0 Å². The lowest BCUT2D eigenvalue weighted by atomic mass is 10.0. The van der Waals surface area contributed by atoms with Crippen LogP contribution < -0.4 is 10.5 Å². The summed E-state index contributed by atoms with van der Waals surface area (Å²) < 4.78 is 0. The van der Waals surface area contributed by atoms with Crippen molar-refractivity contribution in [2.75, 3.05) is 0 Å². The Morgan fingerprint density at radius 2 is 2.12 bits per heavy atom. The summed E-state index contributed by atoms with van der Waals surface area (Å²) in [6.45, 7) is 1.74. The van der Waals surface area contributed by atoms with E-state index in [4.69, 9.17) is 0 Å². The summed E-state index contributed by atoms with van der Waals surface area (Å²) in [7, 11) is 0. The van der Waals surface area contributed by atoms with Gasteiger partial charge in [0.05, 0.1) is 5.97 Å². The van der Waals surface area contributed by atoms with Gasteiger partial charge in [-0.15, -0.1) is 0 Å². The van der Waals surface area contributed by atoms with Crippen LogP contribution in [0, 0.1) is 0 Å². The van der Waals surface area contributed by atoms with Crippen molar-refractivity contribution >= 4 is 16.9 Å². The number of hydrogen-bond donors (Lipinski definition) is 1. The largest absolute Gasteiger partial charge is 0.549 e. The van der Waals surface area contributed by atoms with Gasteiger partial charge >= 0.3 is 0 Å². The van der Waals surface area contributed by atoms with Gasteiger partial charge in [0, 0.05) is 28.6 Å². The van der Waals surface area contributed by atoms with Crippen LogP contribution in [0.25, 0.3) is 10.9 Å². The molecule has 0 amide bonds. The number of pyridine rings is 1. The molecule has 1 atom stereocenters. The first-order valence-electron chi connectivity index (χ1n) is 5.46. The number of aromatic nitrogens is 1. The molecule has 1 unspecified atom stereocenters. The second-order valence-electron chi connectivity index (χ2n) is 3.91. The molecule has 0 radical (unpaired) electrons. The Balaban J connectivity index is 2.64. The van der Waals surface area contributed by atoms with E-state index in [1.807, 2.05) is 0 Å². The summed E-state index contributed by atoms with van der Waals surface area (Å²) in [6, 6.07) is 8.36. The first-order valence-corrected chi connectivity index (χ1v) is 5.46. The van der Waals surface area contributed by atoms with Crippen molar-refractivity contribution in [3.63, 3.8) is 0 Å². The van der Waals surface area contributed by atoms with Crippen molar-refractivity contribution in [2.24, 2.45) is 0 Å². The van der Waals surface area contributed by atoms with Gasteiger partial charge in [0.1, 0.15) is 0 Å². The Morgan fingerprint density at radius 3 is 2.76 bits per heavy atom. The van der Waals surface area contributed by atoms with E-state index in [-0.39, 0.29) is 5.43 Å². The molecule has 88 valence electrons. The number of para-hydroxylation sites is 1. The van der Waals surface area contributed by atoms with Crippen molar-refractivity contribution in [1.29, 1.82) is 0 Å². The van der Waals surface area contributed by atoms with Gasteiger partial charge in [0.25, 0.3) is 0 Å². The molecule has 4 heteroatoms. The second kappa shape index (κ2) is 4.41. The first-order chi connectivity index (χ1) is 8.13. The quantitative estimate of drug-likeness (QED) is 0.846. The van der Waals surface area contributed by atoms with Crippen LogP contribution in [-0.4, -0.2) is 11.0 Å². The Labute approximate surface area is 97.9 Å². The van der Waals surface area contributed by atoms with E-state index in [1.165, 1.54) is 6.07 Å². The SMILES string of the molecule is CCC(C(=O)[O-])c1cc(=O)c2ccccc2[nH]1. The molecule has 0 aliphatic heterocycles. The predicted octanol–water partition coefficient (Wildman–Crippen LogP) is 0.772. The molecular weight excluding hydrogens is 218 g/mol. The molecule has 1 heterocycles. The van der Waals surface area contributed by atoms with Gasteiger partial charge in [-0.3, -0.25) is 4.79 Å². The van der Waals surface area contributed by atoms with Gasteiger partial charge in [-0.05, 0) is 18.6 Å². The monoisotopic (exact) mass is 230 g/mol. The standard InChI is InChI=1S/C13H13NO3/c1-2-8(13(16)17)11-7-12(15)9-5-3-4-6-10(9)14-11/h3-8H,2H2,1H3,(H,14,15)(H,16,17)/p-1. The molecule has 0 fully saturated rings. The van der Waals surface area contributed by atoms with Gasteiger partial charge < -0.3 is 14.9 Å². The number of rotatable bonds is 3. The lowest BCUT2D eigenvalue weighted by Crippen LogP contribution is -2.30. The number of aromatic amines is 1. The minimum Gasteiger partial charge on any atom is -0.549 e. The zero-order valence-corrected chi connectivity index (χ0v) is 9.40. The molecule has 1 N–H and O–H groups in total. The number of H-pyrrole nitrogens is 1. The van der Waals surface area contributed by atoms with Crippen LogP contribution >= 0.6 is 0 Å². The fourth-order valence-corrected chi connectivity index (χ4v) is 1.92. The molecule has 17 heavy (non-hydrogen) atoms. The van der Waals surface area contributed by atoms with Crippen LogP contribution in [0.15, 0.2) is 35.1 Å².